The molecule has 3 N–H and O–H groups in total. The summed E-state index contributed by atoms with van der Waals surface area (Å²) in [4.78, 5) is 10.8. The van der Waals surface area contributed by atoms with Crippen molar-refractivity contribution in [3.8, 4) is 0 Å². The number of methoxy groups -OCH3 is 1. The van der Waals surface area contributed by atoms with Gasteiger partial charge in [0.1, 0.15) is 0 Å². The van der Waals surface area contributed by atoms with Crippen LogP contribution < -0.4 is 11.1 Å². The van der Waals surface area contributed by atoms with E-state index in [0.29, 0.717) is 12.2 Å². The first kappa shape index (κ1) is 11.5. The van der Waals surface area contributed by atoms with Crippen molar-refractivity contribution in [2.24, 2.45) is 5.73 Å². The molecule has 0 saturated heterocycles. The number of anilines is 1. The molecule has 1 rings (SSSR count). The summed E-state index contributed by atoms with van der Waals surface area (Å²) in [5.74, 6) is -0.411. The van der Waals surface area contributed by atoms with Crippen LogP contribution in [0.15, 0.2) is 24.3 Å². The number of amides is 1. The second-order valence-corrected chi connectivity index (χ2v) is 3.44. The van der Waals surface area contributed by atoms with Crippen LogP contribution in [-0.4, -0.2) is 25.7 Å². The van der Waals surface area contributed by atoms with E-state index in [4.69, 9.17) is 10.5 Å². The molecule has 82 valence electrons. The van der Waals surface area contributed by atoms with Crippen molar-refractivity contribution in [1.82, 2.24) is 0 Å². The Hall–Kier alpha value is -1.55. The number of benzene rings is 1. The molecule has 4 nitrogen and oxygen atoms in total. The number of primary amides is 1. The largest absolute Gasteiger partial charge is 0.383 e. The van der Waals surface area contributed by atoms with Crippen LogP contribution in [0.1, 0.15) is 17.3 Å². The average Bonchev–Trinajstić information content (AvgIpc) is 2.18. The molecule has 1 aromatic carbocycles. The molecule has 15 heavy (non-hydrogen) atoms. The smallest absolute Gasteiger partial charge is 0.248 e. The highest BCUT2D eigenvalue weighted by Crippen LogP contribution is 2.10. The number of nitrogens with two attached hydrogens (primary N) is 1. The molecule has 0 spiro atoms. The van der Waals surface area contributed by atoms with Crippen LogP contribution in [0.3, 0.4) is 0 Å². The summed E-state index contributed by atoms with van der Waals surface area (Å²) in [6.45, 7) is 2.66. The Labute approximate surface area is 89.4 Å². The van der Waals surface area contributed by atoms with Gasteiger partial charge in [-0.2, -0.15) is 0 Å². The standard InChI is InChI=1S/C11H16N2O2/c1-8(7-15-2)13-10-5-3-9(4-6-10)11(12)14/h3-6,8,13H,7H2,1-2H3,(H2,12,14)/t8-/m1/s1. The molecule has 4 heteroatoms. The Morgan fingerprint density at radius 1 is 1.47 bits per heavy atom. The van der Waals surface area contributed by atoms with Gasteiger partial charge in [0.15, 0.2) is 0 Å². The van der Waals surface area contributed by atoms with Crippen LogP contribution in [0.2, 0.25) is 0 Å². The number of hydrogen-bond donors (Lipinski definition) is 2. The third kappa shape index (κ3) is 3.59. The highest BCUT2D eigenvalue weighted by molar-refractivity contribution is 5.93. The molecule has 0 radical (unpaired) electrons. The Kier molecular flexibility index (Phi) is 4.12. The van der Waals surface area contributed by atoms with Crippen molar-refractivity contribution in [1.29, 1.82) is 0 Å². The fraction of sp³-hybridized carbons (Fsp3) is 0.364. The van der Waals surface area contributed by atoms with Gasteiger partial charge in [-0.05, 0) is 31.2 Å². The SMILES string of the molecule is COC[C@@H](C)Nc1ccc(C(N)=O)cc1. The predicted molar refractivity (Wildman–Crippen MR) is 59.9 cm³/mol. The highest BCUT2D eigenvalue weighted by Gasteiger charge is 2.02. The van der Waals surface area contributed by atoms with Gasteiger partial charge in [0.05, 0.1) is 6.61 Å². The van der Waals surface area contributed by atoms with Crippen LogP contribution in [0.5, 0.6) is 0 Å². The van der Waals surface area contributed by atoms with Crippen LogP contribution in [-0.2, 0) is 4.74 Å². The van der Waals surface area contributed by atoms with Gasteiger partial charge in [0, 0.05) is 24.4 Å². The minimum absolute atomic E-state index is 0.231. The minimum atomic E-state index is -0.411. The van der Waals surface area contributed by atoms with Gasteiger partial charge < -0.3 is 15.8 Å². The Morgan fingerprint density at radius 2 is 2.07 bits per heavy atom. The average molecular weight is 208 g/mol. The van der Waals surface area contributed by atoms with Gasteiger partial charge >= 0.3 is 0 Å². The summed E-state index contributed by atoms with van der Waals surface area (Å²) in [7, 11) is 1.66. The first-order valence-corrected chi connectivity index (χ1v) is 4.79. The molecular weight excluding hydrogens is 192 g/mol. The van der Waals surface area contributed by atoms with Crippen molar-refractivity contribution < 1.29 is 9.53 Å². The number of hydrogen-bond acceptors (Lipinski definition) is 3. The lowest BCUT2D eigenvalue weighted by atomic mass is 10.2. The lowest BCUT2D eigenvalue weighted by Crippen LogP contribution is -2.20. The Bertz CT molecular complexity index is 322. The first-order chi connectivity index (χ1) is 7.13. The van der Waals surface area contributed by atoms with E-state index in [2.05, 4.69) is 5.32 Å². The number of carbonyl (C=O) groups excluding carboxylic acids is 1. The van der Waals surface area contributed by atoms with Gasteiger partial charge in [-0.25, -0.2) is 0 Å². The van der Waals surface area contributed by atoms with Crippen LogP contribution in [0.25, 0.3) is 0 Å². The Balaban J connectivity index is 2.60. The van der Waals surface area contributed by atoms with Gasteiger partial charge in [-0.3, -0.25) is 4.79 Å². The minimum Gasteiger partial charge on any atom is -0.383 e. The van der Waals surface area contributed by atoms with E-state index in [1.807, 2.05) is 19.1 Å². The molecule has 0 aliphatic heterocycles. The molecule has 0 aliphatic rings. The van der Waals surface area contributed by atoms with Crippen LogP contribution in [0.4, 0.5) is 5.69 Å². The zero-order valence-corrected chi connectivity index (χ0v) is 8.99. The number of carbonyl (C=O) groups is 1. The predicted octanol–water partition coefficient (Wildman–Crippen LogP) is 1.23. The molecule has 1 amide bonds. The first-order valence-electron chi connectivity index (χ1n) is 4.79. The van der Waals surface area contributed by atoms with E-state index in [1.54, 1.807) is 19.2 Å². The fourth-order valence-corrected chi connectivity index (χ4v) is 1.31. The maximum atomic E-state index is 10.8. The molecule has 0 aromatic heterocycles. The van der Waals surface area contributed by atoms with Crippen LogP contribution in [0, 0.1) is 0 Å². The van der Waals surface area contributed by atoms with E-state index >= 15 is 0 Å². The number of nitrogens with one attached hydrogen (secondary N) is 1. The van der Waals surface area contributed by atoms with Crippen molar-refractivity contribution in [3.63, 3.8) is 0 Å². The number of rotatable bonds is 5. The molecule has 1 aromatic rings. The molecule has 1 atom stereocenters. The van der Waals surface area contributed by atoms with Gasteiger partial charge in [0.25, 0.3) is 0 Å². The van der Waals surface area contributed by atoms with Crippen molar-refractivity contribution in [3.05, 3.63) is 29.8 Å². The zero-order valence-electron chi connectivity index (χ0n) is 8.99. The molecule has 0 aliphatic carbocycles. The summed E-state index contributed by atoms with van der Waals surface area (Å²) < 4.78 is 5.00. The van der Waals surface area contributed by atoms with Crippen molar-refractivity contribution >= 4 is 11.6 Å². The summed E-state index contributed by atoms with van der Waals surface area (Å²) in [6, 6.07) is 7.28. The molecule has 0 unspecified atom stereocenters. The second kappa shape index (κ2) is 5.36. The molecule has 0 bridgehead atoms. The maximum absolute atomic E-state index is 10.8. The normalized spacial score (nSPS) is 12.1. The molecular formula is C11H16N2O2. The topological polar surface area (TPSA) is 64.3 Å². The van der Waals surface area contributed by atoms with Gasteiger partial charge in [-0.1, -0.05) is 0 Å². The Morgan fingerprint density at radius 3 is 2.53 bits per heavy atom. The van der Waals surface area contributed by atoms with Gasteiger partial charge in [-0.15, -0.1) is 0 Å². The second-order valence-electron chi connectivity index (χ2n) is 3.44. The summed E-state index contributed by atoms with van der Waals surface area (Å²) >= 11 is 0. The quantitative estimate of drug-likeness (QED) is 0.765. The van der Waals surface area contributed by atoms with Gasteiger partial charge in [0.2, 0.25) is 5.91 Å². The molecule has 0 heterocycles. The van der Waals surface area contributed by atoms with E-state index in [9.17, 15) is 4.79 Å². The molecule has 0 fully saturated rings. The lowest BCUT2D eigenvalue weighted by molar-refractivity contribution is 0.100. The summed E-state index contributed by atoms with van der Waals surface area (Å²) in [6.07, 6.45) is 0. The van der Waals surface area contributed by atoms with Crippen molar-refractivity contribution in [2.45, 2.75) is 13.0 Å². The maximum Gasteiger partial charge on any atom is 0.248 e. The third-order valence-corrected chi connectivity index (χ3v) is 2.00. The van der Waals surface area contributed by atoms with E-state index in [1.165, 1.54) is 0 Å². The highest BCUT2D eigenvalue weighted by atomic mass is 16.5. The van der Waals surface area contributed by atoms with Crippen LogP contribution >= 0.6 is 0 Å². The number of ether oxygens (including phenoxy) is 1. The zero-order chi connectivity index (χ0) is 11.3. The summed E-state index contributed by atoms with van der Waals surface area (Å²) in [5, 5.41) is 3.23. The molecule has 0 saturated carbocycles. The monoisotopic (exact) mass is 208 g/mol. The van der Waals surface area contributed by atoms with E-state index in [0.717, 1.165) is 5.69 Å². The van der Waals surface area contributed by atoms with E-state index in [-0.39, 0.29) is 6.04 Å². The third-order valence-electron chi connectivity index (χ3n) is 2.00. The van der Waals surface area contributed by atoms with E-state index < -0.39 is 5.91 Å². The van der Waals surface area contributed by atoms with Crippen molar-refractivity contribution in [2.75, 3.05) is 19.0 Å². The fourth-order valence-electron chi connectivity index (χ4n) is 1.31. The lowest BCUT2D eigenvalue weighted by Gasteiger charge is -2.14. The summed E-state index contributed by atoms with van der Waals surface area (Å²) in [5.41, 5.74) is 6.60.